The van der Waals surface area contributed by atoms with Crippen LogP contribution in [0.1, 0.15) is 75.3 Å². The Labute approximate surface area is 226 Å². The van der Waals surface area contributed by atoms with Crippen molar-refractivity contribution in [3.8, 4) is 5.75 Å². The molecule has 8 nitrogen and oxygen atoms in total. The summed E-state index contributed by atoms with van der Waals surface area (Å²) in [7, 11) is 2.95. The lowest BCUT2D eigenvalue weighted by molar-refractivity contribution is -0.150. The largest absolute Gasteiger partial charge is 0.495 e. The van der Waals surface area contributed by atoms with Crippen LogP contribution in [-0.4, -0.2) is 49.6 Å². The smallest absolute Gasteiger partial charge is 0.328 e. The van der Waals surface area contributed by atoms with E-state index in [1.54, 1.807) is 18.9 Å². The van der Waals surface area contributed by atoms with Crippen molar-refractivity contribution < 1.29 is 23.9 Å². The van der Waals surface area contributed by atoms with Gasteiger partial charge in [0.05, 0.1) is 19.9 Å². The van der Waals surface area contributed by atoms with Crippen molar-refractivity contribution in [3.63, 3.8) is 0 Å². The van der Waals surface area contributed by atoms with Gasteiger partial charge >= 0.3 is 12.0 Å². The molecule has 8 heteroatoms. The third-order valence-electron chi connectivity index (χ3n) is 7.20. The van der Waals surface area contributed by atoms with Crippen LogP contribution in [0.3, 0.4) is 0 Å². The molecular formula is C30H41N3O5. The molecule has 0 bridgehead atoms. The number of benzene rings is 2. The predicted molar refractivity (Wildman–Crippen MR) is 150 cm³/mol. The molecular weight excluding hydrogens is 482 g/mol. The lowest BCUT2D eigenvalue weighted by Gasteiger charge is -2.22. The lowest BCUT2D eigenvalue weighted by Crippen LogP contribution is -2.40. The van der Waals surface area contributed by atoms with Gasteiger partial charge in [-0.05, 0) is 73.9 Å². The molecule has 206 valence electrons. The van der Waals surface area contributed by atoms with E-state index in [-0.39, 0.29) is 23.9 Å². The van der Waals surface area contributed by atoms with Crippen molar-refractivity contribution in [2.24, 2.45) is 0 Å². The van der Waals surface area contributed by atoms with E-state index >= 15 is 0 Å². The van der Waals surface area contributed by atoms with Gasteiger partial charge < -0.3 is 25.0 Å². The number of hydrogen-bond acceptors (Lipinski definition) is 5. The number of urea groups is 1. The summed E-state index contributed by atoms with van der Waals surface area (Å²) in [6.45, 7) is 4.47. The normalized spacial score (nSPS) is 17.2. The molecule has 0 aromatic heterocycles. The summed E-state index contributed by atoms with van der Waals surface area (Å²) in [5, 5.41) is 5.74. The first-order chi connectivity index (χ1) is 18.4. The van der Waals surface area contributed by atoms with Crippen LogP contribution in [0.15, 0.2) is 42.5 Å². The molecule has 0 radical (unpaired) electrons. The number of esters is 1. The Balaban J connectivity index is 0.000000260. The van der Waals surface area contributed by atoms with E-state index in [4.69, 9.17) is 4.74 Å². The molecule has 2 aromatic rings. The highest BCUT2D eigenvalue weighted by Crippen LogP contribution is 2.33. The van der Waals surface area contributed by atoms with Crippen LogP contribution >= 0.6 is 0 Å². The second-order valence-electron chi connectivity index (χ2n) is 9.86. The highest BCUT2D eigenvalue weighted by atomic mass is 16.5. The molecule has 1 aliphatic heterocycles. The van der Waals surface area contributed by atoms with E-state index in [1.165, 1.54) is 44.8 Å². The van der Waals surface area contributed by atoms with Crippen LogP contribution in [0, 0.1) is 6.92 Å². The van der Waals surface area contributed by atoms with E-state index in [0.29, 0.717) is 30.3 Å². The second-order valence-corrected chi connectivity index (χ2v) is 9.86. The third kappa shape index (κ3) is 7.97. The molecule has 1 saturated carbocycles. The van der Waals surface area contributed by atoms with Gasteiger partial charge in [0.2, 0.25) is 5.91 Å². The van der Waals surface area contributed by atoms with Crippen molar-refractivity contribution in [2.75, 3.05) is 31.4 Å². The van der Waals surface area contributed by atoms with Crippen LogP contribution in [0.5, 0.6) is 5.75 Å². The fourth-order valence-electron chi connectivity index (χ4n) is 5.13. The molecule has 1 heterocycles. The summed E-state index contributed by atoms with van der Waals surface area (Å²) in [5.74, 6) is 1.06. The molecule has 1 atom stereocenters. The molecule has 2 fully saturated rings. The van der Waals surface area contributed by atoms with E-state index in [9.17, 15) is 14.4 Å². The molecule has 1 unspecified atom stereocenters. The van der Waals surface area contributed by atoms with Crippen molar-refractivity contribution in [2.45, 2.75) is 77.2 Å². The van der Waals surface area contributed by atoms with E-state index in [2.05, 4.69) is 27.5 Å². The van der Waals surface area contributed by atoms with E-state index in [0.717, 1.165) is 24.1 Å². The quantitative estimate of drug-likeness (QED) is 0.436. The summed E-state index contributed by atoms with van der Waals surface area (Å²) < 4.78 is 9.92. The van der Waals surface area contributed by atoms with Crippen molar-refractivity contribution in [3.05, 3.63) is 53.6 Å². The van der Waals surface area contributed by atoms with Gasteiger partial charge in [0.25, 0.3) is 0 Å². The minimum atomic E-state index is -0.336. The molecule has 2 N–H and O–H groups in total. The zero-order valence-corrected chi connectivity index (χ0v) is 23.0. The van der Waals surface area contributed by atoms with Crippen LogP contribution in [0.25, 0.3) is 0 Å². The van der Waals surface area contributed by atoms with Crippen molar-refractivity contribution >= 4 is 29.3 Å². The number of likely N-dealkylation sites (tertiary alicyclic amines) is 1. The van der Waals surface area contributed by atoms with Crippen molar-refractivity contribution in [1.82, 2.24) is 4.90 Å². The first-order valence-corrected chi connectivity index (χ1v) is 13.6. The Kier molecular flexibility index (Phi) is 11.0. The van der Waals surface area contributed by atoms with Crippen molar-refractivity contribution in [1.29, 1.82) is 0 Å². The Hall–Kier alpha value is -3.55. The summed E-state index contributed by atoms with van der Waals surface area (Å²) >= 11 is 0. The first kappa shape index (κ1) is 29.0. The fraction of sp³-hybridized carbons (Fsp3) is 0.500. The molecule has 2 aromatic carbocycles. The Morgan fingerprint density at radius 2 is 1.63 bits per heavy atom. The summed E-state index contributed by atoms with van der Waals surface area (Å²) in [6.07, 6.45) is 8.65. The number of hydrogen-bond donors (Lipinski definition) is 2. The predicted octanol–water partition coefficient (Wildman–Crippen LogP) is 6.26. The van der Waals surface area contributed by atoms with Gasteiger partial charge in [-0.15, -0.1) is 0 Å². The van der Waals surface area contributed by atoms with Gasteiger partial charge in [-0.2, -0.15) is 0 Å². The van der Waals surface area contributed by atoms with Gasteiger partial charge in [-0.25, -0.2) is 9.59 Å². The number of amides is 3. The highest BCUT2D eigenvalue weighted by molar-refractivity contribution is 6.00. The average Bonchev–Trinajstić information content (AvgIpc) is 3.44. The van der Waals surface area contributed by atoms with Gasteiger partial charge in [-0.1, -0.05) is 44.4 Å². The lowest BCUT2D eigenvalue weighted by atomic mass is 9.84. The number of carbonyl (C=O) groups excluding carboxylic acids is 3. The van der Waals surface area contributed by atoms with E-state index < -0.39 is 0 Å². The monoisotopic (exact) mass is 523 g/mol. The van der Waals surface area contributed by atoms with Crippen LogP contribution in [0.4, 0.5) is 16.2 Å². The van der Waals surface area contributed by atoms with Crippen LogP contribution in [0.2, 0.25) is 0 Å². The zero-order chi connectivity index (χ0) is 27.5. The van der Waals surface area contributed by atoms with Gasteiger partial charge in [0.15, 0.2) is 0 Å². The number of aryl methyl sites for hydroxylation is 1. The molecule has 38 heavy (non-hydrogen) atoms. The number of nitrogens with one attached hydrogen (secondary N) is 2. The summed E-state index contributed by atoms with van der Waals surface area (Å²) in [5.41, 5.74) is 3.90. The van der Waals surface area contributed by atoms with Crippen LogP contribution < -0.4 is 15.4 Å². The SMILES string of the molecule is CCC(=O)N1CCCC1C(=O)OC.COc1ccc(C)cc1NC(=O)Nc1ccc(C2CCCCC2)cc1. The Morgan fingerprint density at radius 3 is 2.26 bits per heavy atom. The number of carbonyl (C=O) groups is 3. The molecule has 1 saturated heterocycles. The maximum absolute atomic E-state index is 12.3. The molecule has 1 aliphatic carbocycles. The standard InChI is InChI=1S/C21H26N2O2.C9H15NO3/c1-15-8-13-20(25-2)19(14-15)23-21(24)22-18-11-9-17(10-12-18)16-6-4-3-5-7-16;1-3-8(11)10-6-4-5-7(10)9(12)13-2/h8-14,16H,3-7H2,1-2H3,(H2,22,23,24);7H,3-6H2,1-2H3. The number of ether oxygens (including phenoxy) is 2. The highest BCUT2D eigenvalue weighted by Gasteiger charge is 2.33. The molecule has 2 aliphatic rings. The number of rotatable bonds is 6. The topological polar surface area (TPSA) is 97.0 Å². The Morgan fingerprint density at radius 1 is 0.921 bits per heavy atom. The average molecular weight is 524 g/mol. The second kappa shape index (κ2) is 14.4. The van der Waals surface area contributed by atoms with Crippen LogP contribution in [-0.2, 0) is 14.3 Å². The third-order valence-corrected chi connectivity index (χ3v) is 7.20. The minimum Gasteiger partial charge on any atom is -0.495 e. The van der Waals surface area contributed by atoms with Gasteiger partial charge in [-0.3, -0.25) is 4.79 Å². The number of methoxy groups -OCH3 is 2. The molecule has 4 rings (SSSR count). The first-order valence-electron chi connectivity index (χ1n) is 13.6. The summed E-state index contributed by atoms with van der Waals surface area (Å²) in [6, 6.07) is 13.3. The molecule has 0 spiro atoms. The number of anilines is 2. The fourth-order valence-corrected chi connectivity index (χ4v) is 5.13. The maximum atomic E-state index is 12.3. The Bertz CT molecular complexity index is 1060. The summed E-state index contributed by atoms with van der Waals surface area (Å²) in [4.78, 5) is 36.5. The minimum absolute atomic E-state index is 0.0351. The zero-order valence-electron chi connectivity index (χ0n) is 23.0. The van der Waals surface area contributed by atoms with E-state index in [1.807, 2.05) is 37.3 Å². The molecule has 3 amide bonds. The maximum Gasteiger partial charge on any atom is 0.328 e. The number of nitrogens with zero attached hydrogens (tertiary/aromatic N) is 1. The van der Waals surface area contributed by atoms with Gasteiger partial charge in [0, 0.05) is 18.7 Å². The van der Waals surface area contributed by atoms with Gasteiger partial charge in [0.1, 0.15) is 11.8 Å².